The van der Waals surface area contributed by atoms with Gasteiger partial charge < -0.3 is 4.74 Å². The number of rotatable bonds is 2. The molecule has 0 fully saturated rings. The number of hydrogen-bond acceptors (Lipinski definition) is 2. The molecule has 0 unspecified atom stereocenters. The number of hydrogen-bond donors (Lipinski definition) is 0. The van der Waals surface area contributed by atoms with Crippen molar-refractivity contribution in [1.29, 1.82) is 0 Å². The van der Waals surface area contributed by atoms with E-state index in [-0.39, 0.29) is 0 Å². The van der Waals surface area contributed by atoms with Crippen molar-refractivity contribution in [1.82, 2.24) is 4.98 Å². The van der Waals surface area contributed by atoms with Crippen LogP contribution in [0, 0.1) is 5.82 Å². The molecule has 3 aromatic rings. The van der Waals surface area contributed by atoms with Crippen molar-refractivity contribution in [2.45, 2.75) is 0 Å². The van der Waals surface area contributed by atoms with Crippen molar-refractivity contribution < 1.29 is 9.13 Å². The lowest BCUT2D eigenvalue weighted by Gasteiger charge is -2.13. The molecule has 0 aliphatic rings. The topological polar surface area (TPSA) is 22.1 Å². The Bertz CT molecular complexity index is 838. The van der Waals surface area contributed by atoms with Gasteiger partial charge in [0, 0.05) is 32.2 Å². The van der Waals surface area contributed by atoms with E-state index >= 15 is 0 Å². The molecule has 0 aliphatic heterocycles. The Labute approximate surface area is 134 Å². The number of benzene rings is 2. The molecule has 0 bridgehead atoms. The van der Waals surface area contributed by atoms with Crippen LogP contribution in [0.1, 0.15) is 0 Å². The lowest BCUT2D eigenvalue weighted by Crippen LogP contribution is -1.94. The molecule has 3 rings (SSSR count). The maximum atomic E-state index is 14.2. The van der Waals surface area contributed by atoms with E-state index in [1.807, 2.05) is 18.2 Å². The molecule has 0 saturated heterocycles. The van der Waals surface area contributed by atoms with Crippen LogP contribution in [0.25, 0.3) is 22.0 Å². The lowest BCUT2D eigenvalue weighted by atomic mass is 10.0. The second-order valence-electron chi connectivity index (χ2n) is 4.47. The number of fused-ring (bicyclic) bond motifs is 1. The lowest BCUT2D eigenvalue weighted by molar-refractivity contribution is 0.421. The third-order valence-electron chi connectivity index (χ3n) is 3.22. The van der Waals surface area contributed by atoms with E-state index in [0.29, 0.717) is 21.9 Å². The molecule has 0 N–H and O–H groups in total. The van der Waals surface area contributed by atoms with E-state index < -0.39 is 5.82 Å². The number of halogens is 3. The third-order valence-corrected chi connectivity index (χ3v) is 4.10. The molecule has 0 atom stereocenters. The van der Waals surface area contributed by atoms with E-state index in [1.165, 1.54) is 6.07 Å². The van der Waals surface area contributed by atoms with Gasteiger partial charge in [-0.05, 0) is 46.3 Å². The summed E-state index contributed by atoms with van der Waals surface area (Å²) in [5.74, 6) is 0.180. The van der Waals surface area contributed by atoms with Crippen molar-refractivity contribution in [3.8, 4) is 16.9 Å². The number of aromatic nitrogens is 1. The molecule has 0 radical (unpaired) electrons. The quantitative estimate of drug-likeness (QED) is 0.600. The highest BCUT2D eigenvalue weighted by Crippen LogP contribution is 2.38. The molecular weight excluding hydrogens is 357 g/mol. The van der Waals surface area contributed by atoms with Gasteiger partial charge in [-0.25, -0.2) is 4.39 Å². The van der Waals surface area contributed by atoms with Crippen LogP contribution in [0.3, 0.4) is 0 Å². The summed E-state index contributed by atoms with van der Waals surface area (Å²) in [5.41, 5.74) is 1.77. The van der Waals surface area contributed by atoms with Crippen LogP contribution >= 0.6 is 27.5 Å². The van der Waals surface area contributed by atoms with Gasteiger partial charge in [0.1, 0.15) is 11.6 Å². The van der Waals surface area contributed by atoms with Crippen LogP contribution in [0.5, 0.6) is 5.75 Å². The Morgan fingerprint density at radius 2 is 2.00 bits per heavy atom. The predicted molar refractivity (Wildman–Crippen MR) is 86.4 cm³/mol. The zero-order valence-electron chi connectivity index (χ0n) is 11.0. The SMILES string of the molecule is COc1c(-c2ccc(Cl)cc2F)cnc2c(Br)cccc12. The van der Waals surface area contributed by atoms with Crippen molar-refractivity contribution >= 4 is 38.4 Å². The number of ether oxygens (including phenoxy) is 1. The summed E-state index contributed by atoms with van der Waals surface area (Å²) in [6, 6.07) is 10.2. The molecular formula is C16H10BrClFNO. The minimum absolute atomic E-state index is 0.353. The summed E-state index contributed by atoms with van der Waals surface area (Å²) in [5, 5.41) is 1.17. The molecule has 1 aromatic heterocycles. The highest BCUT2D eigenvalue weighted by atomic mass is 79.9. The molecule has 21 heavy (non-hydrogen) atoms. The van der Waals surface area contributed by atoms with Gasteiger partial charge in [-0.3, -0.25) is 4.98 Å². The molecule has 5 heteroatoms. The zero-order chi connectivity index (χ0) is 15.0. The second-order valence-corrected chi connectivity index (χ2v) is 5.76. The van der Waals surface area contributed by atoms with E-state index in [9.17, 15) is 4.39 Å². The Kier molecular flexibility index (Phi) is 3.83. The molecule has 106 valence electrons. The Morgan fingerprint density at radius 1 is 1.19 bits per heavy atom. The number of nitrogens with zero attached hydrogens (tertiary/aromatic N) is 1. The highest BCUT2D eigenvalue weighted by Gasteiger charge is 2.15. The summed E-state index contributed by atoms with van der Waals surface area (Å²) < 4.78 is 20.5. The van der Waals surface area contributed by atoms with Crippen LogP contribution in [0.4, 0.5) is 4.39 Å². The first-order chi connectivity index (χ1) is 10.1. The van der Waals surface area contributed by atoms with Gasteiger partial charge in [-0.15, -0.1) is 0 Å². The fourth-order valence-corrected chi connectivity index (χ4v) is 2.91. The predicted octanol–water partition coefficient (Wildman–Crippen LogP) is 5.47. The molecule has 0 saturated carbocycles. The largest absolute Gasteiger partial charge is 0.495 e. The Morgan fingerprint density at radius 3 is 2.71 bits per heavy atom. The van der Waals surface area contributed by atoms with Crippen molar-refractivity contribution in [3.63, 3.8) is 0 Å². The maximum Gasteiger partial charge on any atom is 0.137 e. The van der Waals surface area contributed by atoms with E-state index in [2.05, 4.69) is 20.9 Å². The minimum Gasteiger partial charge on any atom is -0.495 e. The van der Waals surface area contributed by atoms with E-state index in [1.54, 1.807) is 25.4 Å². The first kappa shape index (κ1) is 14.3. The molecule has 2 aromatic carbocycles. The highest BCUT2D eigenvalue weighted by molar-refractivity contribution is 9.10. The Hall–Kier alpha value is -1.65. The van der Waals surface area contributed by atoms with Crippen LogP contribution in [-0.2, 0) is 0 Å². The van der Waals surface area contributed by atoms with Gasteiger partial charge in [-0.2, -0.15) is 0 Å². The number of methoxy groups -OCH3 is 1. The van der Waals surface area contributed by atoms with Gasteiger partial charge in [0.15, 0.2) is 0 Å². The smallest absolute Gasteiger partial charge is 0.137 e. The summed E-state index contributed by atoms with van der Waals surface area (Å²) in [6.07, 6.45) is 1.61. The molecule has 0 aliphatic carbocycles. The average Bonchev–Trinajstić information content (AvgIpc) is 2.46. The van der Waals surface area contributed by atoms with Crippen molar-refractivity contribution in [2.24, 2.45) is 0 Å². The summed E-state index contributed by atoms with van der Waals surface area (Å²) in [6.45, 7) is 0. The standard InChI is InChI=1S/C16H10BrClFNO/c1-21-16-11-3-2-4-13(17)15(11)20-8-12(16)10-6-5-9(18)7-14(10)19/h2-8H,1H3. The summed E-state index contributed by atoms with van der Waals surface area (Å²) in [4.78, 5) is 4.40. The summed E-state index contributed by atoms with van der Waals surface area (Å²) in [7, 11) is 1.56. The zero-order valence-corrected chi connectivity index (χ0v) is 13.4. The average molecular weight is 367 g/mol. The van der Waals surface area contributed by atoms with Crippen LogP contribution in [0.15, 0.2) is 47.1 Å². The monoisotopic (exact) mass is 365 g/mol. The van der Waals surface area contributed by atoms with Gasteiger partial charge in [0.2, 0.25) is 0 Å². The van der Waals surface area contributed by atoms with Crippen LogP contribution in [0.2, 0.25) is 5.02 Å². The van der Waals surface area contributed by atoms with Crippen molar-refractivity contribution in [3.05, 3.63) is 57.9 Å². The van der Waals surface area contributed by atoms with Crippen molar-refractivity contribution in [2.75, 3.05) is 7.11 Å². The molecule has 0 amide bonds. The first-order valence-corrected chi connectivity index (χ1v) is 7.35. The van der Waals surface area contributed by atoms with Crippen LogP contribution in [-0.4, -0.2) is 12.1 Å². The van der Waals surface area contributed by atoms with Gasteiger partial charge in [0.25, 0.3) is 0 Å². The fraction of sp³-hybridized carbons (Fsp3) is 0.0625. The molecule has 0 spiro atoms. The Balaban J connectivity index is 2.33. The third kappa shape index (κ3) is 2.49. The molecule has 1 heterocycles. The first-order valence-electron chi connectivity index (χ1n) is 6.18. The number of pyridine rings is 1. The van der Waals surface area contributed by atoms with Gasteiger partial charge in [0.05, 0.1) is 12.6 Å². The van der Waals surface area contributed by atoms with E-state index in [4.69, 9.17) is 16.3 Å². The van der Waals surface area contributed by atoms with Gasteiger partial charge >= 0.3 is 0 Å². The second kappa shape index (κ2) is 5.62. The summed E-state index contributed by atoms with van der Waals surface area (Å²) >= 11 is 9.26. The molecule has 2 nitrogen and oxygen atoms in total. The van der Waals surface area contributed by atoms with E-state index in [0.717, 1.165) is 15.4 Å². The van der Waals surface area contributed by atoms with Crippen LogP contribution < -0.4 is 4.74 Å². The maximum absolute atomic E-state index is 14.2. The normalized spacial score (nSPS) is 10.9. The number of para-hydroxylation sites is 1. The minimum atomic E-state index is -0.406. The fourth-order valence-electron chi connectivity index (χ4n) is 2.28. The van der Waals surface area contributed by atoms with Gasteiger partial charge in [-0.1, -0.05) is 17.7 Å².